The standard InChI is InChI=1S/C14H13N3OS/c1-17(8-13-9-19-10-16-13)14(18)6-11-2-4-12(7-15)5-3-11/h2-5,9-10H,6,8H2,1H3. The molecule has 96 valence electrons. The summed E-state index contributed by atoms with van der Waals surface area (Å²) in [5, 5.41) is 10.6. The van der Waals surface area contributed by atoms with E-state index in [1.165, 1.54) is 11.3 Å². The summed E-state index contributed by atoms with van der Waals surface area (Å²) in [5.74, 6) is 0.0395. The third kappa shape index (κ3) is 3.63. The fourth-order valence-electron chi connectivity index (χ4n) is 1.65. The van der Waals surface area contributed by atoms with Crippen molar-refractivity contribution in [2.45, 2.75) is 13.0 Å². The van der Waals surface area contributed by atoms with Crippen molar-refractivity contribution in [2.24, 2.45) is 0 Å². The molecule has 0 N–H and O–H groups in total. The Kier molecular flexibility index (Phi) is 4.26. The molecule has 0 aliphatic heterocycles. The maximum absolute atomic E-state index is 12.0. The zero-order valence-electron chi connectivity index (χ0n) is 10.5. The van der Waals surface area contributed by atoms with Crippen molar-refractivity contribution in [3.8, 4) is 6.07 Å². The van der Waals surface area contributed by atoms with Crippen LogP contribution in [0.1, 0.15) is 16.8 Å². The number of aromatic nitrogens is 1. The molecular weight excluding hydrogens is 258 g/mol. The molecule has 4 nitrogen and oxygen atoms in total. The lowest BCUT2D eigenvalue weighted by Crippen LogP contribution is -2.27. The van der Waals surface area contributed by atoms with Crippen molar-refractivity contribution in [1.82, 2.24) is 9.88 Å². The monoisotopic (exact) mass is 271 g/mol. The number of carbonyl (C=O) groups is 1. The van der Waals surface area contributed by atoms with Gasteiger partial charge >= 0.3 is 0 Å². The number of nitrogens with zero attached hydrogens (tertiary/aromatic N) is 3. The Morgan fingerprint density at radius 3 is 2.74 bits per heavy atom. The minimum atomic E-state index is 0.0395. The fourth-order valence-corrected chi connectivity index (χ4v) is 2.20. The molecule has 0 saturated heterocycles. The summed E-state index contributed by atoms with van der Waals surface area (Å²) >= 11 is 1.52. The number of likely N-dealkylation sites (N-methyl/N-ethyl adjacent to an activating group) is 1. The maximum atomic E-state index is 12.0. The number of carbonyl (C=O) groups excluding carboxylic acids is 1. The van der Waals surface area contributed by atoms with Gasteiger partial charge in [0.05, 0.1) is 35.8 Å². The molecule has 1 heterocycles. The number of rotatable bonds is 4. The van der Waals surface area contributed by atoms with Crippen LogP contribution in [0.5, 0.6) is 0 Å². The largest absolute Gasteiger partial charge is 0.340 e. The van der Waals surface area contributed by atoms with Crippen molar-refractivity contribution >= 4 is 17.2 Å². The molecule has 2 aromatic rings. The minimum absolute atomic E-state index is 0.0395. The van der Waals surface area contributed by atoms with Crippen LogP contribution in [0.4, 0.5) is 0 Å². The smallest absolute Gasteiger partial charge is 0.227 e. The average molecular weight is 271 g/mol. The van der Waals surface area contributed by atoms with Gasteiger partial charge in [-0.05, 0) is 17.7 Å². The Hall–Kier alpha value is -2.19. The van der Waals surface area contributed by atoms with Crippen LogP contribution in [0.3, 0.4) is 0 Å². The number of hydrogen-bond donors (Lipinski definition) is 0. The molecule has 1 aromatic carbocycles. The van der Waals surface area contributed by atoms with Crippen LogP contribution >= 0.6 is 11.3 Å². The minimum Gasteiger partial charge on any atom is -0.340 e. The quantitative estimate of drug-likeness (QED) is 0.856. The van der Waals surface area contributed by atoms with E-state index in [0.29, 0.717) is 18.5 Å². The third-order valence-electron chi connectivity index (χ3n) is 2.75. The second-order valence-electron chi connectivity index (χ2n) is 4.22. The van der Waals surface area contributed by atoms with Gasteiger partial charge < -0.3 is 4.90 Å². The number of nitriles is 1. The van der Waals surface area contributed by atoms with Crippen molar-refractivity contribution in [1.29, 1.82) is 5.26 Å². The molecule has 0 radical (unpaired) electrons. The Morgan fingerprint density at radius 2 is 2.16 bits per heavy atom. The SMILES string of the molecule is CN(Cc1cscn1)C(=O)Cc1ccc(C#N)cc1. The normalized spacial score (nSPS) is 9.89. The molecule has 0 aliphatic rings. The zero-order valence-corrected chi connectivity index (χ0v) is 11.4. The van der Waals surface area contributed by atoms with E-state index in [1.54, 1.807) is 29.6 Å². The summed E-state index contributed by atoms with van der Waals surface area (Å²) in [6.07, 6.45) is 0.340. The molecule has 0 aliphatic carbocycles. The fraction of sp³-hybridized carbons (Fsp3) is 0.214. The van der Waals surface area contributed by atoms with Gasteiger partial charge in [0.2, 0.25) is 5.91 Å². The molecule has 0 bridgehead atoms. The second kappa shape index (κ2) is 6.12. The highest BCUT2D eigenvalue weighted by molar-refractivity contribution is 7.07. The van der Waals surface area contributed by atoms with Crippen LogP contribution in [0, 0.1) is 11.3 Å². The van der Waals surface area contributed by atoms with E-state index in [4.69, 9.17) is 5.26 Å². The summed E-state index contributed by atoms with van der Waals surface area (Å²) in [4.78, 5) is 17.8. The number of benzene rings is 1. The Labute approximate surface area is 115 Å². The van der Waals surface area contributed by atoms with Crippen LogP contribution in [0.25, 0.3) is 0 Å². The molecule has 1 amide bonds. The number of thiazole rings is 1. The molecule has 2 rings (SSSR count). The van der Waals surface area contributed by atoms with Crippen LogP contribution in [0.2, 0.25) is 0 Å². The van der Waals surface area contributed by atoms with Gasteiger partial charge in [0.1, 0.15) is 0 Å². The lowest BCUT2D eigenvalue weighted by Gasteiger charge is -2.15. The highest BCUT2D eigenvalue weighted by atomic mass is 32.1. The topological polar surface area (TPSA) is 57.0 Å². The van der Waals surface area contributed by atoms with Gasteiger partial charge in [0.25, 0.3) is 0 Å². The predicted octanol–water partition coefficient (Wildman–Crippen LogP) is 2.22. The van der Waals surface area contributed by atoms with E-state index in [1.807, 2.05) is 17.5 Å². The van der Waals surface area contributed by atoms with Crippen LogP contribution in [0.15, 0.2) is 35.2 Å². The molecule has 0 atom stereocenters. The molecule has 19 heavy (non-hydrogen) atoms. The summed E-state index contributed by atoms with van der Waals surface area (Å²) in [6.45, 7) is 0.526. The molecule has 0 spiro atoms. The summed E-state index contributed by atoms with van der Waals surface area (Å²) in [6, 6.07) is 9.13. The van der Waals surface area contributed by atoms with Gasteiger partial charge in [0.15, 0.2) is 0 Å². The van der Waals surface area contributed by atoms with Gasteiger partial charge in [-0.2, -0.15) is 5.26 Å². The van der Waals surface area contributed by atoms with E-state index in [-0.39, 0.29) is 5.91 Å². The molecule has 0 saturated carbocycles. The maximum Gasteiger partial charge on any atom is 0.227 e. The Morgan fingerprint density at radius 1 is 1.42 bits per heavy atom. The van der Waals surface area contributed by atoms with Crippen molar-refractivity contribution < 1.29 is 4.79 Å². The lowest BCUT2D eigenvalue weighted by atomic mass is 10.1. The van der Waals surface area contributed by atoms with E-state index in [0.717, 1.165) is 11.3 Å². The van der Waals surface area contributed by atoms with E-state index < -0.39 is 0 Å². The molecule has 5 heteroatoms. The molecule has 0 unspecified atom stereocenters. The predicted molar refractivity (Wildman–Crippen MR) is 73.4 cm³/mol. The van der Waals surface area contributed by atoms with E-state index in [2.05, 4.69) is 11.1 Å². The van der Waals surface area contributed by atoms with Gasteiger partial charge in [-0.3, -0.25) is 4.79 Å². The summed E-state index contributed by atoms with van der Waals surface area (Å²) in [5.41, 5.74) is 4.18. The summed E-state index contributed by atoms with van der Waals surface area (Å²) < 4.78 is 0. The van der Waals surface area contributed by atoms with Crippen molar-refractivity contribution in [3.05, 3.63) is 52.0 Å². The molecule has 1 aromatic heterocycles. The van der Waals surface area contributed by atoms with Gasteiger partial charge in [-0.15, -0.1) is 11.3 Å². The Balaban J connectivity index is 1.94. The third-order valence-corrected chi connectivity index (χ3v) is 3.38. The van der Waals surface area contributed by atoms with Gasteiger partial charge in [-0.1, -0.05) is 12.1 Å². The highest BCUT2D eigenvalue weighted by Gasteiger charge is 2.11. The average Bonchev–Trinajstić information content (AvgIpc) is 2.92. The Bertz CT molecular complexity index is 584. The first-order valence-electron chi connectivity index (χ1n) is 5.79. The zero-order chi connectivity index (χ0) is 13.7. The van der Waals surface area contributed by atoms with Crippen molar-refractivity contribution in [3.63, 3.8) is 0 Å². The molecule has 0 fully saturated rings. The van der Waals surface area contributed by atoms with Crippen LogP contribution < -0.4 is 0 Å². The number of hydrogen-bond acceptors (Lipinski definition) is 4. The van der Waals surface area contributed by atoms with Crippen LogP contribution in [-0.2, 0) is 17.8 Å². The second-order valence-corrected chi connectivity index (χ2v) is 4.93. The highest BCUT2D eigenvalue weighted by Crippen LogP contribution is 2.08. The first-order chi connectivity index (χ1) is 9.19. The van der Waals surface area contributed by atoms with Gasteiger partial charge in [0, 0.05) is 12.4 Å². The summed E-state index contributed by atoms with van der Waals surface area (Å²) in [7, 11) is 1.77. The van der Waals surface area contributed by atoms with Crippen molar-refractivity contribution in [2.75, 3.05) is 7.05 Å². The number of amides is 1. The van der Waals surface area contributed by atoms with Crippen LogP contribution in [-0.4, -0.2) is 22.8 Å². The van der Waals surface area contributed by atoms with E-state index in [9.17, 15) is 4.79 Å². The lowest BCUT2D eigenvalue weighted by molar-refractivity contribution is -0.129. The van der Waals surface area contributed by atoms with E-state index >= 15 is 0 Å². The first kappa shape index (κ1) is 13.2. The first-order valence-corrected chi connectivity index (χ1v) is 6.73. The molecular formula is C14H13N3OS. The van der Waals surface area contributed by atoms with Gasteiger partial charge in [-0.25, -0.2) is 4.98 Å².